The number of hydrogen-bond donors (Lipinski definition) is 1. The molecule has 0 aliphatic rings. The van der Waals surface area contributed by atoms with Crippen molar-refractivity contribution in [2.75, 3.05) is 25.1 Å². The average Bonchev–Trinajstić information content (AvgIpc) is 2.70. The lowest BCUT2D eigenvalue weighted by molar-refractivity contribution is 0.118. The number of ether oxygens (including phenoxy) is 1. The molecule has 98 valence electrons. The van der Waals surface area contributed by atoms with Gasteiger partial charge in [-0.25, -0.2) is 8.91 Å². The van der Waals surface area contributed by atoms with Gasteiger partial charge in [0.1, 0.15) is 5.82 Å². The molecular formula is C12H17FN4O. The quantitative estimate of drug-likeness (QED) is 0.798. The maximum Gasteiger partial charge on any atom is 0.243 e. The van der Waals surface area contributed by atoms with Crippen LogP contribution in [0.4, 0.5) is 10.3 Å². The minimum atomic E-state index is -0.334. The molecule has 2 aromatic rings. The Bertz CT molecular complexity index is 512. The predicted molar refractivity (Wildman–Crippen MR) is 67.1 cm³/mol. The molecule has 6 heteroatoms. The second kappa shape index (κ2) is 5.77. The van der Waals surface area contributed by atoms with Crippen LogP contribution in [0, 0.1) is 11.7 Å². The van der Waals surface area contributed by atoms with E-state index in [1.54, 1.807) is 6.07 Å². The van der Waals surface area contributed by atoms with Crippen LogP contribution in [0.25, 0.3) is 5.65 Å². The topological polar surface area (TPSA) is 51.5 Å². The molecule has 2 rings (SSSR count). The van der Waals surface area contributed by atoms with Gasteiger partial charge in [-0.3, -0.25) is 0 Å². The number of hydrogen-bond acceptors (Lipinski definition) is 4. The lowest BCUT2D eigenvalue weighted by atomic mass is 10.2. The van der Waals surface area contributed by atoms with Crippen LogP contribution in [0.1, 0.15) is 13.8 Å². The first kappa shape index (κ1) is 12.8. The number of nitrogens with one attached hydrogen (secondary N) is 1. The Morgan fingerprint density at radius 2 is 2.28 bits per heavy atom. The van der Waals surface area contributed by atoms with Gasteiger partial charge >= 0.3 is 0 Å². The molecule has 0 aromatic carbocycles. The number of nitrogens with zero attached hydrogens (tertiary/aromatic N) is 3. The van der Waals surface area contributed by atoms with Gasteiger partial charge in [0.15, 0.2) is 5.65 Å². The number of anilines is 1. The first-order chi connectivity index (χ1) is 8.65. The minimum Gasteiger partial charge on any atom is -0.379 e. The van der Waals surface area contributed by atoms with Crippen molar-refractivity contribution in [3.05, 3.63) is 24.1 Å². The Balaban J connectivity index is 1.84. The van der Waals surface area contributed by atoms with E-state index in [0.29, 0.717) is 30.7 Å². The third kappa shape index (κ3) is 3.40. The monoisotopic (exact) mass is 252 g/mol. The van der Waals surface area contributed by atoms with Crippen molar-refractivity contribution in [3.63, 3.8) is 0 Å². The normalized spacial score (nSPS) is 11.3. The van der Waals surface area contributed by atoms with Crippen molar-refractivity contribution < 1.29 is 9.13 Å². The first-order valence-corrected chi connectivity index (χ1v) is 5.98. The van der Waals surface area contributed by atoms with Gasteiger partial charge < -0.3 is 10.1 Å². The lowest BCUT2D eigenvalue weighted by Crippen LogP contribution is -2.12. The number of rotatable bonds is 6. The number of halogens is 1. The molecule has 0 aliphatic carbocycles. The van der Waals surface area contributed by atoms with Crippen LogP contribution in [0.15, 0.2) is 18.3 Å². The summed E-state index contributed by atoms with van der Waals surface area (Å²) in [5.74, 6) is 0.675. The molecular weight excluding hydrogens is 235 g/mol. The van der Waals surface area contributed by atoms with E-state index >= 15 is 0 Å². The van der Waals surface area contributed by atoms with Gasteiger partial charge in [-0.15, -0.1) is 5.10 Å². The van der Waals surface area contributed by atoms with Crippen molar-refractivity contribution in [1.82, 2.24) is 14.6 Å². The summed E-state index contributed by atoms with van der Waals surface area (Å²) in [6.07, 6.45) is 1.29. The zero-order chi connectivity index (χ0) is 13.0. The Labute approximate surface area is 105 Å². The summed E-state index contributed by atoms with van der Waals surface area (Å²) in [4.78, 5) is 4.21. The number of fused-ring (bicyclic) bond motifs is 1. The summed E-state index contributed by atoms with van der Waals surface area (Å²) in [5.41, 5.74) is 0.613. The molecule has 5 nitrogen and oxygen atoms in total. The Hall–Kier alpha value is -1.69. The molecule has 0 spiro atoms. The van der Waals surface area contributed by atoms with Gasteiger partial charge in [0.2, 0.25) is 5.95 Å². The second-order valence-electron chi connectivity index (χ2n) is 4.48. The first-order valence-electron chi connectivity index (χ1n) is 5.98. The van der Waals surface area contributed by atoms with E-state index < -0.39 is 0 Å². The summed E-state index contributed by atoms with van der Waals surface area (Å²) >= 11 is 0. The van der Waals surface area contributed by atoms with E-state index in [-0.39, 0.29) is 5.82 Å². The molecule has 0 radical (unpaired) electrons. The van der Waals surface area contributed by atoms with Gasteiger partial charge in [-0.1, -0.05) is 13.8 Å². The van der Waals surface area contributed by atoms with Crippen molar-refractivity contribution >= 4 is 11.6 Å². The highest BCUT2D eigenvalue weighted by molar-refractivity contribution is 5.42. The third-order valence-electron chi connectivity index (χ3n) is 2.28. The molecule has 0 fully saturated rings. The minimum absolute atomic E-state index is 0.334. The van der Waals surface area contributed by atoms with Gasteiger partial charge in [-0.2, -0.15) is 4.98 Å². The van der Waals surface area contributed by atoms with Crippen LogP contribution in [0.5, 0.6) is 0 Å². The fraction of sp³-hybridized carbons (Fsp3) is 0.500. The molecule has 2 aromatic heterocycles. The van der Waals surface area contributed by atoms with Crippen LogP contribution in [0.2, 0.25) is 0 Å². The molecule has 0 amide bonds. The molecule has 0 atom stereocenters. The third-order valence-corrected chi connectivity index (χ3v) is 2.28. The Kier molecular flexibility index (Phi) is 4.09. The highest BCUT2D eigenvalue weighted by Gasteiger charge is 2.03. The maximum atomic E-state index is 12.9. The van der Waals surface area contributed by atoms with E-state index in [0.717, 1.165) is 6.61 Å². The number of pyridine rings is 1. The van der Waals surface area contributed by atoms with Crippen LogP contribution in [-0.2, 0) is 4.74 Å². The predicted octanol–water partition coefficient (Wildman–Crippen LogP) is 1.95. The van der Waals surface area contributed by atoms with Gasteiger partial charge in [0.25, 0.3) is 0 Å². The highest BCUT2D eigenvalue weighted by atomic mass is 19.1. The van der Waals surface area contributed by atoms with Crippen LogP contribution in [0.3, 0.4) is 0 Å². The summed E-state index contributed by atoms with van der Waals surface area (Å²) in [5, 5.41) is 7.14. The second-order valence-corrected chi connectivity index (χ2v) is 4.48. The SMILES string of the molecule is CC(C)COCCNc1nc2ccc(F)cn2n1. The van der Waals surface area contributed by atoms with Crippen molar-refractivity contribution in [1.29, 1.82) is 0 Å². The van der Waals surface area contributed by atoms with E-state index in [9.17, 15) is 4.39 Å². The van der Waals surface area contributed by atoms with E-state index in [2.05, 4.69) is 29.2 Å². The fourth-order valence-corrected chi connectivity index (χ4v) is 1.49. The van der Waals surface area contributed by atoms with E-state index in [1.807, 2.05) is 0 Å². The molecule has 0 saturated heterocycles. The maximum absolute atomic E-state index is 12.9. The van der Waals surface area contributed by atoms with Crippen molar-refractivity contribution in [3.8, 4) is 0 Å². The summed E-state index contributed by atoms with van der Waals surface area (Å²) < 4.78 is 19.8. The fourth-order valence-electron chi connectivity index (χ4n) is 1.49. The van der Waals surface area contributed by atoms with Gasteiger partial charge in [0, 0.05) is 13.2 Å². The van der Waals surface area contributed by atoms with Gasteiger partial charge in [-0.05, 0) is 18.1 Å². The van der Waals surface area contributed by atoms with Crippen molar-refractivity contribution in [2.45, 2.75) is 13.8 Å². The smallest absolute Gasteiger partial charge is 0.243 e. The largest absolute Gasteiger partial charge is 0.379 e. The average molecular weight is 252 g/mol. The molecule has 0 unspecified atom stereocenters. The summed E-state index contributed by atoms with van der Waals surface area (Å²) in [7, 11) is 0. The number of aromatic nitrogens is 3. The van der Waals surface area contributed by atoms with Gasteiger partial charge in [0.05, 0.1) is 12.8 Å². The molecule has 0 saturated carbocycles. The summed E-state index contributed by atoms with van der Waals surface area (Å²) in [6, 6.07) is 2.95. The highest BCUT2D eigenvalue weighted by Crippen LogP contribution is 2.06. The van der Waals surface area contributed by atoms with E-state index in [4.69, 9.17) is 4.74 Å². The Morgan fingerprint density at radius 3 is 3.06 bits per heavy atom. The van der Waals surface area contributed by atoms with E-state index in [1.165, 1.54) is 16.8 Å². The molecule has 2 heterocycles. The lowest BCUT2D eigenvalue weighted by Gasteiger charge is -2.06. The zero-order valence-electron chi connectivity index (χ0n) is 10.6. The molecule has 18 heavy (non-hydrogen) atoms. The van der Waals surface area contributed by atoms with Crippen LogP contribution in [-0.4, -0.2) is 34.4 Å². The zero-order valence-corrected chi connectivity index (χ0v) is 10.6. The standard InChI is InChI=1S/C12H17FN4O/c1-9(2)8-18-6-5-14-12-15-11-4-3-10(13)7-17(11)16-12/h3-4,7,9H,5-6,8H2,1-2H3,(H,14,16). The molecule has 0 bridgehead atoms. The molecule has 1 N–H and O–H groups in total. The molecule has 0 aliphatic heterocycles. The van der Waals surface area contributed by atoms with Crippen LogP contribution >= 0.6 is 0 Å². The summed E-state index contributed by atoms with van der Waals surface area (Å²) in [6.45, 7) is 6.18. The Morgan fingerprint density at radius 1 is 1.44 bits per heavy atom. The van der Waals surface area contributed by atoms with Crippen molar-refractivity contribution in [2.24, 2.45) is 5.92 Å². The van der Waals surface area contributed by atoms with Crippen LogP contribution < -0.4 is 5.32 Å².